The molecule has 0 unspecified atom stereocenters. The first-order valence-electron chi connectivity index (χ1n) is 11.0. The number of nitrogens with zero attached hydrogens (tertiary/aromatic N) is 2. The molecule has 2 amide bonds. The highest BCUT2D eigenvalue weighted by atomic mass is 35.5. The van der Waals surface area contributed by atoms with Crippen molar-refractivity contribution in [3.8, 4) is 0 Å². The predicted octanol–water partition coefficient (Wildman–Crippen LogP) is 5.07. The zero-order valence-electron chi connectivity index (χ0n) is 18.9. The Balaban J connectivity index is 1.40. The summed E-state index contributed by atoms with van der Waals surface area (Å²) in [6.07, 6.45) is 1.84. The van der Waals surface area contributed by atoms with Crippen molar-refractivity contribution in [3.63, 3.8) is 0 Å². The third-order valence-electron chi connectivity index (χ3n) is 5.41. The van der Waals surface area contributed by atoms with Crippen LogP contribution in [0.2, 0.25) is 5.02 Å². The zero-order chi connectivity index (χ0) is 23.9. The van der Waals surface area contributed by atoms with Gasteiger partial charge in [0.05, 0.1) is 10.6 Å². The molecule has 0 aromatic heterocycles. The van der Waals surface area contributed by atoms with E-state index in [1.807, 2.05) is 67.7 Å². The predicted molar refractivity (Wildman–Crippen MR) is 140 cm³/mol. The van der Waals surface area contributed by atoms with E-state index in [0.29, 0.717) is 23.0 Å². The van der Waals surface area contributed by atoms with E-state index >= 15 is 0 Å². The Morgan fingerprint density at radius 3 is 2.50 bits per heavy atom. The van der Waals surface area contributed by atoms with Crippen LogP contribution in [-0.4, -0.2) is 43.4 Å². The number of benzene rings is 3. The Morgan fingerprint density at radius 1 is 1.03 bits per heavy atom. The van der Waals surface area contributed by atoms with Crippen molar-refractivity contribution >= 4 is 46.9 Å². The second-order valence-electron chi connectivity index (χ2n) is 8.09. The smallest absolute Gasteiger partial charge is 0.265 e. The summed E-state index contributed by atoms with van der Waals surface area (Å²) < 4.78 is 0. The van der Waals surface area contributed by atoms with Gasteiger partial charge < -0.3 is 10.2 Å². The maximum Gasteiger partial charge on any atom is 0.265 e. The third-order valence-corrected chi connectivity index (χ3v) is 6.74. The number of amides is 2. The van der Waals surface area contributed by atoms with Gasteiger partial charge >= 0.3 is 0 Å². The monoisotopic (exact) mass is 491 g/mol. The van der Waals surface area contributed by atoms with Gasteiger partial charge in [-0.25, -0.2) is 0 Å². The summed E-state index contributed by atoms with van der Waals surface area (Å²) >= 11 is 7.40. The molecule has 1 heterocycles. The van der Waals surface area contributed by atoms with Gasteiger partial charge in [0.2, 0.25) is 5.91 Å². The minimum Gasteiger partial charge on any atom is -0.353 e. The van der Waals surface area contributed by atoms with Crippen molar-refractivity contribution in [2.45, 2.75) is 11.4 Å². The number of hydrogen-bond donors (Lipinski definition) is 1. The molecular weight excluding hydrogens is 466 g/mol. The van der Waals surface area contributed by atoms with Crippen LogP contribution in [0, 0.1) is 0 Å². The van der Waals surface area contributed by atoms with Crippen LogP contribution in [0.3, 0.4) is 0 Å². The van der Waals surface area contributed by atoms with E-state index in [2.05, 4.69) is 22.3 Å². The lowest BCUT2D eigenvalue weighted by atomic mass is 10.2. The molecule has 0 radical (unpaired) electrons. The van der Waals surface area contributed by atoms with Crippen molar-refractivity contribution in [1.82, 2.24) is 10.2 Å². The number of thioether (sulfide) groups is 1. The summed E-state index contributed by atoms with van der Waals surface area (Å²) in [5.74, 6) is -0.371. The molecule has 3 aromatic carbocycles. The standard InChI is InChI=1S/C27H26ClN3O2S/c1-30(18-21-7-3-2-4-8-21)16-15-29-26(32)19-31-23-9-5-6-10-24(23)34-25(27(31)33)17-20-11-13-22(28)14-12-20/h2-14,17H,15-16,18-19H2,1H3,(H,29,32)/b25-17+. The Bertz CT molecular complexity index is 1180. The second kappa shape index (κ2) is 11.4. The Labute approximate surface area is 209 Å². The van der Waals surface area contributed by atoms with Crippen LogP contribution in [0.15, 0.2) is 88.7 Å². The molecule has 0 saturated carbocycles. The quantitative estimate of drug-likeness (QED) is 0.447. The zero-order valence-corrected chi connectivity index (χ0v) is 20.5. The van der Waals surface area contributed by atoms with E-state index in [4.69, 9.17) is 11.6 Å². The highest BCUT2D eigenvalue weighted by Crippen LogP contribution is 2.41. The van der Waals surface area contributed by atoms with Crippen LogP contribution in [0.1, 0.15) is 11.1 Å². The van der Waals surface area contributed by atoms with E-state index < -0.39 is 0 Å². The Kier molecular flexibility index (Phi) is 8.06. The van der Waals surface area contributed by atoms with E-state index in [0.717, 1.165) is 22.7 Å². The van der Waals surface area contributed by atoms with Crippen molar-refractivity contribution in [3.05, 3.63) is 99.9 Å². The topological polar surface area (TPSA) is 52.7 Å². The molecule has 1 aliphatic rings. The second-order valence-corrected chi connectivity index (χ2v) is 9.61. The average molecular weight is 492 g/mol. The number of para-hydroxylation sites is 1. The van der Waals surface area contributed by atoms with Crippen LogP contribution in [0.5, 0.6) is 0 Å². The number of carbonyl (C=O) groups excluding carboxylic acids is 2. The number of likely N-dealkylation sites (N-methyl/N-ethyl adjacent to an activating group) is 1. The van der Waals surface area contributed by atoms with Gasteiger partial charge in [0, 0.05) is 29.6 Å². The van der Waals surface area contributed by atoms with Crippen molar-refractivity contribution in [2.75, 3.05) is 31.6 Å². The number of halogens is 1. The summed E-state index contributed by atoms with van der Waals surface area (Å²) in [4.78, 5) is 31.3. The number of nitrogens with one attached hydrogen (secondary N) is 1. The fourth-order valence-electron chi connectivity index (χ4n) is 3.69. The first kappa shape index (κ1) is 24.1. The number of anilines is 1. The number of carbonyl (C=O) groups is 2. The molecule has 0 atom stereocenters. The van der Waals surface area contributed by atoms with Crippen molar-refractivity contribution in [1.29, 1.82) is 0 Å². The summed E-state index contributed by atoms with van der Waals surface area (Å²) in [6.45, 7) is 2.00. The Morgan fingerprint density at radius 2 is 1.74 bits per heavy atom. The SMILES string of the molecule is CN(CCNC(=O)CN1C(=O)/C(=C\c2ccc(Cl)cc2)Sc2ccccc21)Cc1ccccc1. The first-order chi connectivity index (χ1) is 16.5. The molecule has 174 valence electrons. The van der Waals surface area contributed by atoms with Gasteiger partial charge in [-0.3, -0.25) is 14.5 Å². The minimum absolute atomic E-state index is 0.0310. The largest absolute Gasteiger partial charge is 0.353 e. The number of hydrogen-bond acceptors (Lipinski definition) is 4. The van der Waals surface area contributed by atoms with Gasteiger partial charge in [0.25, 0.3) is 5.91 Å². The van der Waals surface area contributed by atoms with Crippen LogP contribution in [-0.2, 0) is 16.1 Å². The molecule has 4 rings (SSSR count). The molecule has 0 spiro atoms. The molecule has 1 aliphatic heterocycles. The maximum absolute atomic E-state index is 13.3. The lowest BCUT2D eigenvalue weighted by Gasteiger charge is -2.30. The van der Waals surface area contributed by atoms with Gasteiger partial charge in [-0.05, 0) is 48.5 Å². The number of fused-ring (bicyclic) bond motifs is 1. The van der Waals surface area contributed by atoms with Gasteiger partial charge in [-0.15, -0.1) is 0 Å². The minimum atomic E-state index is -0.186. The van der Waals surface area contributed by atoms with Gasteiger partial charge in [-0.2, -0.15) is 0 Å². The molecule has 34 heavy (non-hydrogen) atoms. The molecule has 7 heteroatoms. The lowest BCUT2D eigenvalue weighted by molar-refractivity contribution is -0.122. The van der Waals surface area contributed by atoms with Crippen molar-refractivity contribution in [2.24, 2.45) is 0 Å². The van der Waals surface area contributed by atoms with Crippen molar-refractivity contribution < 1.29 is 9.59 Å². The van der Waals surface area contributed by atoms with E-state index in [1.54, 1.807) is 17.0 Å². The Hall–Kier alpha value is -3.06. The summed E-state index contributed by atoms with van der Waals surface area (Å²) in [7, 11) is 2.02. The highest BCUT2D eigenvalue weighted by Gasteiger charge is 2.30. The van der Waals surface area contributed by atoms with Gasteiger partial charge in [0.1, 0.15) is 6.54 Å². The lowest BCUT2D eigenvalue weighted by Crippen LogP contribution is -2.44. The van der Waals surface area contributed by atoms with E-state index in [9.17, 15) is 9.59 Å². The number of rotatable bonds is 8. The van der Waals surface area contributed by atoms with Gasteiger partial charge in [-0.1, -0.05) is 78.0 Å². The molecule has 0 aliphatic carbocycles. The highest BCUT2D eigenvalue weighted by molar-refractivity contribution is 8.04. The van der Waals surface area contributed by atoms with Crippen LogP contribution in [0.4, 0.5) is 5.69 Å². The van der Waals surface area contributed by atoms with E-state index in [1.165, 1.54) is 17.3 Å². The normalized spacial score (nSPS) is 14.4. The third kappa shape index (κ3) is 6.29. The fraction of sp³-hybridized carbons (Fsp3) is 0.185. The molecule has 0 bridgehead atoms. The molecule has 0 fully saturated rings. The molecule has 3 aromatic rings. The molecular formula is C27H26ClN3O2S. The first-order valence-corrected chi connectivity index (χ1v) is 12.2. The summed E-state index contributed by atoms with van der Waals surface area (Å²) in [6, 6.07) is 25.2. The summed E-state index contributed by atoms with van der Waals surface area (Å²) in [5.41, 5.74) is 2.86. The summed E-state index contributed by atoms with van der Waals surface area (Å²) in [5, 5.41) is 3.59. The van der Waals surface area contributed by atoms with Crippen LogP contribution < -0.4 is 10.2 Å². The van der Waals surface area contributed by atoms with Crippen LogP contribution in [0.25, 0.3) is 6.08 Å². The van der Waals surface area contributed by atoms with Gasteiger partial charge in [0.15, 0.2) is 0 Å². The molecule has 1 N–H and O–H groups in total. The maximum atomic E-state index is 13.3. The van der Waals surface area contributed by atoms with E-state index in [-0.39, 0.29) is 18.4 Å². The van der Waals surface area contributed by atoms with Crippen LogP contribution >= 0.6 is 23.4 Å². The average Bonchev–Trinajstić information content (AvgIpc) is 2.83. The molecule has 5 nitrogen and oxygen atoms in total. The fourth-order valence-corrected chi connectivity index (χ4v) is 4.87. The molecule has 0 saturated heterocycles.